The molecule has 0 atom stereocenters. The minimum absolute atomic E-state index is 0.0813. The molecule has 0 spiro atoms. The van der Waals surface area contributed by atoms with Gasteiger partial charge in [-0.3, -0.25) is 9.59 Å². The highest BCUT2D eigenvalue weighted by Gasteiger charge is 2.07. The quantitative estimate of drug-likeness (QED) is 0.726. The number of pyridine rings is 1. The largest absolute Gasteiger partial charge is 0.352 e. The summed E-state index contributed by atoms with van der Waals surface area (Å²) in [6, 6.07) is 2.98. The van der Waals surface area contributed by atoms with Crippen LogP contribution in [-0.2, 0) is 6.54 Å². The third-order valence-corrected chi connectivity index (χ3v) is 2.47. The van der Waals surface area contributed by atoms with Gasteiger partial charge in [-0.15, -0.1) is 0 Å². The van der Waals surface area contributed by atoms with Crippen molar-refractivity contribution in [3.63, 3.8) is 0 Å². The highest BCUT2D eigenvalue weighted by atomic mass is 16.2. The van der Waals surface area contributed by atoms with E-state index in [1.165, 1.54) is 6.07 Å². The molecule has 18 heavy (non-hydrogen) atoms. The van der Waals surface area contributed by atoms with Crippen LogP contribution in [-0.4, -0.2) is 23.6 Å². The first-order valence-electron chi connectivity index (χ1n) is 6.23. The van der Waals surface area contributed by atoms with Crippen molar-refractivity contribution in [1.82, 2.24) is 9.88 Å². The summed E-state index contributed by atoms with van der Waals surface area (Å²) in [7, 11) is 0. The van der Waals surface area contributed by atoms with Crippen molar-refractivity contribution in [1.29, 1.82) is 0 Å². The number of carbonyl (C=O) groups is 1. The van der Waals surface area contributed by atoms with Gasteiger partial charge in [0.1, 0.15) is 0 Å². The zero-order chi connectivity index (χ0) is 13.5. The predicted octanol–water partition coefficient (Wildman–Crippen LogP) is 0.583. The Kier molecular flexibility index (Phi) is 5.58. The number of carbonyl (C=O) groups excluding carboxylic acids is 1. The van der Waals surface area contributed by atoms with Crippen LogP contribution in [0.2, 0.25) is 0 Å². The van der Waals surface area contributed by atoms with Crippen molar-refractivity contribution in [2.24, 2.45) is 11.7 Å². The van der Waals surface area contributed by atoms with Gasteiger partial charge in [-0.25, -0.2) is 0 Å². The summed E-state index contributed by atoms with van der Waals surface area (Å²) in [4.78, 5) is 23.4. The number of rotatable bonds is 6. The number of nitrogens with one attached hydrogen (secondary N) is 1. The second kappa shape index (κ2) is 6.96. The van der Waals surface area contributed by atoms with Gasteiger partial charge in [0.25, 0.3) is 11.5 Å². The second-order valence-electron chi connectivity index (χ2n) is 4.70. The lowest BCUT2D eigenvalue weighted by Crippen LogP contribution is -2.28. The van der Waals surface area contributed by atoms with Crippen molar-refractivity contribution in [2.45, 2.75) is 26.8 Å². The first kappa shape index (κ1) is 14.4. The monoisotopic (exact) mass is 251 g/mol. The second-order valence-corrected chi connectivity index (χ2v) is 4.70. The summed E-state index contributed by atoms with van der Waals surface area (Å²) < 4.78 is 1.57. The molecule has 3 N–H and O–H groups in total. The molecule has 5 heteroatoms. The Morgan fingerprint density at radius 1 is 1.44 bits per heavy atom. The van der Waals surface area contributed by atoms with Gasteiger partial charge in [0.05, 0.1) is 5.56 Å². The highest BCUT2D eigenvalue weighted by molar-refractivity contribution is 5.93. The first-order valence-corrected chi connectivity index (χ1v) is 6.23. The molecule has 0 aliphatic rings. The third kappa shape index (κ3) is 4.33. The lowest BCUT2D eigenvalue weighted by atomic mass is 10.2. The van der Waals surface area contributed by atoms with Crippen LogP contribution in [0, 0.1) is 5.92 Å². The zero-order valence-electron chi connectivity index (χ0n) is 11.0. The number of hydrogen-bond acceptors (Lipinski definition) is 3. The van der Waals surface area contributed by atoms with E-state index in [0.29, 0.717) is 31.1 Å². The van der Waals surface area contributed by atoms with Crippen LogP contribution in [0.25, 0.3) is 0 Å². The fraction of sp³-hybridized carbons (Fsp3) is 0.538. The Morgan fingerprint density at radius 3 is 2.78 bits per heavy atom. The Hall–Kier alpha value is -1.62. The lowest BCUT2D eigenvalue weighted by Gasteiger charge is -2.10. The van der Waals surface area contributed by atoms with E-state index in [1.807, 2.05) is 13.8 Å². The molecule has 0 fully saturated rings. The fourth-order valence-corrected chi connectivity index (χ4v) is 1.61. The Morgan fingerprint density at radius 2 is 2.17 bits per heavy atom. The highest BCUT2D eigenvalue weighted by Crippen LogP contribution is 2.00. The molecule has 1 aromatic heterocycles. The molecule has 0 aliphatic carbocycles. The number of aromatic nitrogens is 1. The standard InChI is InChI=1S/C13H21N3O2/c1-10(2)8-16-9-11(4-5-12(16)17)13(18)15-7-3-6-14/h4-5,9-10H,3,6-8,14H2,1-2H3,(H,15,18). The number of hydrogen-bond donors (Lipinski definition) is 2. The van der Waals surface area contributed by atoms with Crippen molar-refractivity contribution in [2.75, 3.05) is 13.1 Å². The summed E-state index contributed by atoms with van der Waals surface area (Å²) in [5.74, 6) is 0.194. The van der Waals surface area contributed by atoms with Crippen molar-refractivity contribution in [3.8, 4) is 0 Å². The van der Waals surface area contributed by atoms with Crippen LogP contribution in [0.1, 0.15) is 30.6 Å². The molecule has 1 aromatic rings. The van der Waals surface area contributed by atoms with Gasteiger partial charge in [0, 0.05) is 25.4 Å². The molecule has 0 saturated heterocycles. The summed E-state index contributed by atoms with van der Waals surface area (Å²) >= 11 is 0. The third-order valence-electron chi connectivity index (χ3n) is 2.47. The zero-order valence-corrected chi connectivity index (χ0v) is 11.0. The number of amides is 1. The SMILES string of the molecule is CC(C)Cn1cc(C(=O)NCCCN)ccc1=O. The van der Waals surface area contributed by atoms with E-state index in [9.17, 15) is 9.59 Å². The maximum atomic E-state index is 11.8. The lowest BCUT2D eigenvalue weighted by molar-refractivity contribution is 0.0952. The van der Waals surface area contributed by atoms with Crippen LogP contribution < -0.4 is 16.6 Å². The molecular weight excluding hydrogens is 230 g/mol. The molecule has 1 heterocycles. The van der Waals surface area contributed by atoms with Crippen LogP contribution >= 0.6 is 0 Å². The average Bonchev–Trinajstić information content (AvgIpc) is 2.31. The first-order chi connectivity index (χ1) is 8.54. The topological polar surface area (TPSA) is 77.1 Å². The molecule has 1 amide bonds. The minimum atomic E-state index is -0.166. The fourth-order valence-electron chi connectivity index (χ4n) is 1.61. The Labute approximate surface area is 107 Å². The van der Waals surface area contributed by atoms with Gasteiger partial charge >= 0.3 is 0 Å². The predicted molar refractivity (Wildman–Crippen MR) is 71.5 cm³/mol. The van der Waals surface area contributed by atoms with E-state index in [2.05, 4.69) is 5.32 Å². The van der Waals surface area contributed by atoms with Gasteiger partial charge in [-0.1, -0.05) is 13.8 Å². The Balaban J connectivity index is 2.77. The van der Waals surface area contributed by atoms with Crippen LogP contribution in [0.15, 0.2) is 23.1 Å². The molecule has 0 radical (unpaired) electrons. The molecule has 100 valence electrons. The molecule has 0 aliphatic heterocycles. The normalized spacial score (nSPS) is 10.7. The average molecular weight is 251 g/mol. The minimum Gasteiger partial charge on any atom is -0.352 e. The van der Waals surface area contributed by atoms with E-state index in [0.717, 1.165) is 6.42 Å². The van der Waals surface area contributed by atoms with Gasteiger partial charge < -0.3 is 15.6 Å². The van der Waals surface area contributed by atoms with Crippen molar-refractivity contribution >= 4 is 5.91 Å². The molecule has 0 bridgehead atoms. The van der Waals surface area contributed by atoms with Gasteiger partial charge in [0.15, 0.2) is 0 Å². The molecule has 0 unspecified atom stereocenters. The van der Waals surface area contributed by atoms with Gasteiger partial charge in [-0.05, 0) is 24.9 Å². The van der Waals surface area contributed by atoms with E-state index in [4.69, 9.17) is 5.73 Å². The summed E-state index contributed by atoms with van der Waals surface area (Å²) in [6.45, 7) is 5.77. The number of nitrogens with two attached hydrogens (primary N) is 1. The van der Waals surface area contributed by atoms with Crippen LogP contribution in [0.3, 0.4) is 0 Å². The number of nitrogens with zero attached hydrogens (tertiary/aromatic N) is 1. The van der Waals surface area contributed by atoms with Crippen LogP contribution in [0.4, 0.5) is 0 Å². The molecule has 1 rings (SSSR count). The maximum Gasteiger partial charge on any atom is 0.252 e. The van der Waals surface area contributed by atoms with Crippen molar-refractivity contribution < 1.29 is 4.79 Å². The van der Waals surface area contributed by atoms with Crippen molar-refractivity contribution in [3.05, 3.63) is 34.2 Å². The molecule has 0 aromatic carbocycles. The molecule has 5 nitrogen and oxygen atoms in total. The Bertz CT molecular complexity index is 452. The van der Waals surface area contributed by atoms with E-state index in [-0.39, 0.29) is 11.5 Å². The van der Waals surface area contributed by atoms with E-state index < -0.39 is 0 Å². The van der Waals surface area contributed by atoms with Gasteiger partial charge in [0.2, 0.25) is 0 Å². The van der Waals surface area contributed by atoms with Gasteiger partial charge in [-0.2, -0.15) is 0 Å². The summed E-state index contributed by atoms with van der Waals surface area (Å²) in [5, 5.41) is 2.77. The molecule has 0 saturated carbocycles. The van der Waals surface area contributed by atoms with E-state index >= 15 is 0 Å². The maximum absolute atomic E-state index is 11.8. The molecular formula is C13H21N3O2. The van der Waals surface area contributed by atoms with E-state index in [1.54, 1.807) is 16.8 Å². The summed E-state index contributed by atoms with van der Waals surface area (Å²) in [6.07, 6.45) is 2.36. The smallest absolute Gasteiger partial charge is 0.252 e. The van der Waals surface area contributed by atoms with Crippen LogP contribution in [0.5, 0.6) is 0 Å². The summed E-state index contributed by atoms with van der Waals surface area (Å²) in [5.41, 5.74) is 5.78.